The van der Waals surface area contributed by atoms with Crippen LogP contribution in [0.2, 0.25) is 0 Å². The van der Waals surface area contributed by atoms with Crippen molar-refractivity contribution in [2.45, 2.75) is 0 Å². The van der Waals surface area contributed by atoms with Gasteiger partial charge in [-0.25, -0.2) is 0 Å². The lowest BCUT2D eigenvalue weighted by atomic mass is 10.2. The fraction of sp³-hybridized carbons (Fsp3) is 0. The number of rotatable bonds is 3. The van der Waals surface area contributed by atoms with Gasteiger partial charge in [0.1, 0.15) is 5.69 Å². The van der Waals surface area contributed by atoms with Gasteiger partial charge < -0.3 is 5.32 Å². The van der Waals surface area contributed by atoms with Crippen molar-refractivity contribution in [1.29, 1.82) is 0 Å². The average Bonchev–Trinajstić information content (AvgIpc) is 2.83. The average molecular weight is 250 g/mol. The maximum Gasteiger partial charge on any atom is 0.292 e. The molecule has 0 aliphatic rings. The first kappa shape index (κ1) is 11.1. The van der Waals surface area contributed by atoms with Crippen molar-refractivity contribution in [3.05, 3.63) is 45.5 Å². The van der Waals surface area contributed by atoms with Gasteiger partial charge in [0.2, 0.25) is 0 Å². The smallest absolute Gasteiger partial charge is 0.292 e. The van der Waals surface area contributed by atoms with Crippen LogP contribution in [-0.2, 0) is 0 Å². The molecule has 0 spiro atoms. The lowest BCUT2D eigenvalue weighted by molar-refractivity contribution is -0.383. The van der Waals surface area contributed by atoms with Crippen LogP contribution < -0.4 is 5.32 Å². The minimum atomic E-state index is -0.561. The van der Waals surface area contributed by atoms with Crippen LogP contribution in [0.1, 0.15) is 10.5 Å². The molecule has 0 aliphatic carbocycles. The Bertz CT molecular complexity index is 555. The number of anilines is 1. The molecule has 1 aromatic heterocycles. The molecule has 0 bridgehead atoms. The van der Waals surface area contributed by atoms with Crippen molar-refractivity contribution in [3.8, 4) is 0 Å². The van der Waals surface area contributed by atoms with E-state index in [1.54, 1.807) is 6.07 Å². The molecule has 7 nitrogen and oxygen atoms in total. The van der Waals surface area contributed by atoms with Crippen LogP contribution in [0.15, 0.2) is 29.6 Å². The molecule has 1 heterocycles. The van der Waals surface area contributed by atoms with E-state index < -0.39 is 10.8 Å². The van der Waals surface area contributed by atoms with Gasteiger partial charge in [-0.2, -0.15) is 0 Å². The number of benzene rings is 1. The van der Waals surface area contributed by atoms with Gasteiger partial charge >= 0.3 is 0 Å². The minimum Gasteiger partial charge on any atom is -0.315 e. The minimum absolute atomic E-state index is 0.133. The van der Waals surface area contributed by atoms with E-state index in [0.717, 1.165) is 11.5 Å². The zero-order chi connectivity index (χ0) is 12.3. The second-order valence-corrected chi connectivity index (χ2v) is 3.63. The fourth-order valence-electron chi connectivity index (χ4n) is 1.19. The standard InChI is InChI=1S/C9H6N4O3S/c14-9(7-5-17-12-11-7)10-6-3-1-2-4-8(6)13(15)16/h1-5H,(H,10,14). The van der Waals surface area contributed by atoms with Crippen LogP contribution in [0.4, 0.5) is 11.4 Å². The molecule has 17 heavy (non-hydrogen) atoms. The summed E-state index contributed by atoms with van der Waals surface area (Å²) < 4.78 is 3.54. The topological polar surface area (TPSA) is 98.0 Å². The molecule has 0 radical (unpaired) electrons. The largest absolute Gasteiger partial charge is 0.315 e. The number of para-hydroxylation sites is 2. The van der Waals surface area contributed by atoms with Gasteiger partial charge in [-0.3, -0.25) is 14.9 Å². The molecule has 1 aromatic carbocycles. The molecule has 86 valence electrons. The highest BCUT2D eigenvalue weighted by Gasteiger charge is 2.16. The number of carbonyl (C=O) groups is 1. The van der Waals surface area contributed by atoms with Crippen molar-refractivity contribution in [1.82, 2.24) is 9.59 Å². The molecule has 1 amide bonds. The summed E-state index contributed by atoms with van der Waals surface area (Å²) >= 11 is 1.03. The first-order chi connectivity index (χ1) is 8.18. The van der Waals surface area contributed by atoms with E-state index in [2.05, 4.69) is 14.9 Å². The van der Waals surface area contributed by atoms with Crippen molar-refractivity contribution in [2.24, 2.45) is 0 Å². The highest BCUT2D eigenvalue weighted by Crippen LogP contribution is 2.23. The van der Waals surface area contributed by atoms with E-state index >= 15 is 0 Å². The van der Waals surface area contributed by atoms with Crippen LogP contribution in [0.3, 0.4) is 0 Å². The van der Waals surface area contributed by atoms with Gasteiger partial charge in [0.15, 0.2) is 5.69 Å². The van der Waals surface area contributed by atoms with Crippen LogP contribution in [-0.4, -0.2) is 20.4 Å². The number of hydrogen-bond donors (Lipinski definition) is 1. The molecule has 2 aromatic rings. The fourth-order valence-corrected chi connectivity index (χ4v) is 1.62. The third kappa shape index (κ3) is 2.42. The first-order valence-corrected chi connectivity index (χ1v) is 5.34. The molecule has 8 heteroatoms. The molecule has 0 saturated carbocycles. The van der Waals surface area contributed by atoms with E-state index in [1.165, 1.54) is 23.6 Å². The van der Waals surface area contributed by atoms with Crippen molar-refractivity contribution in [2.75, 3.05) is 5.32 Å². The monoisotopic (exact) mass is 250 g/mol. The van der Waals surface area contributed by atoms with Crippen molar-refractivity contribution < 1.29 is 9.72 Å². The van der Waals surface area contributed by atoms with E-state index in [4.69, 9.17) is 0 Å². The summed E-state index contributed by atoms with van der Waals surface area (Å²) in [6.07, 6.45) is 0. The van der Waals surface area contributed by atoms with Crippen LogP contribution in [0.25, 0.3) is 0 Å². The Morgan fingerprint density at radius 3 is 2.82 bits per heavy atom. The predicted octanol–water partition coefficient (Wildman–Crippen LogP) is 1.70. The summed E-state index contributed by atoms with van der Waals surface area (Å²) in [5.74, 6) is -0.520. The molecule has 2 rings (SSSR count). The van der Waals surface area contributed by atoms with Crippen LogP contribution in [0.5, 0.6) is 0 Å². The number of nitro groups is 1. The molecule has 0 aliphatic heterocycles. The molecular formula is C9H6N4O3S. The SMILES string of the molecule is O=C(Nc1ccccc1[N+](=O)[O-])c1csnn1. The zero-order valence-electron chi connectivity index (χ0n) is 8.36. The van der Waals surface area contributed by atoms with Gasteiger partial charge in [0, 0.05) is 11.4 Å². The van der Waals surface area contributed by atoms with E-state index in [1.807, 2.05) is 0 Å². The lowest BCUT2D eigenvalue weighted by Gasteiger charge is -2.03. The Kier molecular flexibility index (Phi) is 3.06. The molecule has 0 unspecified atom stereocenters. The third-order valence-corrected chi connectivity index (χ3v) is 2.45. The summed E-state index contributed by atoms with van der Waals surface area (Å²) in [6, 6.07) is 5.89. The number of hydrogen-bond acceptors (Lipinski definition) is 6. The maximum atomic E-state index is 11.6. The van der Waals surface area contributed by atoms with Gasteiger partial charge in [0.25, 0.3) is 11.6 Å². The number of nitrogens with one attached hydrogen (secondary N) is 1. The molecular weight excluding hydrogens is 244 g/mol. The van der Waals surface area contributed by atoms with E-state index in [9.17, 15) is 14.9 Å². The Morgan fingerprint density at radius 1 is 1.41 bits per heavy atom. The Morgan fingerprint density at radius 2 is 2.18 bits per heavy atom. The number of carbonyl (C=O) groups excluding carboxylic acids is 1. The summed E-state index contributed by atoms with van der Waals surface area (Å²) in [5.41, 5.74) is 0.104. The first-order valence-electron chi connectivity index (χ1n) is 4.50. The molecule has 0 fully saturated rings. The Balaban J connectivity index is 2.25. The summed E-state index contributed by atoms with van der Waals surface area (Å²) in [5, 5.41) is 18.2. The van der Waals surface area contributed by atoms with Gasteiger partial charge in [0.05, 0.1) is 4.92 Å². The highest BCUT2D eigenvalue weighted by molar-refractivity contribution is 7.03. The van der Waals surface area contributed by atoms with Gasteiger partial charge in [-0.1, -0.05) is 16.6 Å². The van der Waals surface area contributed by atoms with Crippen LogP contribution in [0, 0.1) is 10.1 Å². The molecule has 0 atom stereocenters. The number of amides is 1. The number of aromatic nitrogens is 2. The summed E-state index contributed by atoms with van der Waals surface area (Å²) in [7, 11) is 0. The third-order valence-electron chi connectivity index (χ3n) is 1.94. The normalized spacial score (nSPS) is 9.88. The zero-order valence-corrected chi connectivity index (χ0v) is 9.18. The summed E-state index contributed by atoms with van der Waals surface area (Å²) in [6.45, 7) is 0. The second-order valence-electron chi connectivity index (χ2n) is 3.02. The second kappa shape index (κ2) is 4.66. The molecule has 1 N–H and O–H groups in total. The Labute approximate surface area is 99.4 Å². The van der Waals surface area contributed by atoms with Crippen molar-refractivity contribution >= 4 is 28.8 Å². The number of nitro benzene ring substituents is 1. The van der Waals surface area contributed by atoms with E-state index in [-0.39, 0.29) is 17.1 Å². The lowest BCUT2D eigenvalue weighted by Crippen LogP contribution is -2.13. The predicted molar refractivity (Wildman–Crippen MR) is 61.0 cm³/mol. The number of nitrogens with zero attached hydrogens (tertiary/aromatic N) is 3. The van der Waals surface area contributed by atoms with Gasteiger partial charge in [-0.15, -0.1) is 5.10 Å². The van der Waals surface area contributed by atoms with Crippen LogP contribution >= 0.6 is 11.5 Å². The van der Waals surface area contributed by atoms with Gasteiger partial charge in [-0.05, 0) is 17.6 Å². The van der Waals surface area contributed by atoms with Crippen molar-refractivity contribution in [3.63, 3.8) is 0 Å². The van der Waals surface area contributed by atoms with E-state index in [0.29, 0.717) is 0 Å². The maximum absolute atomic E-state index is 11.6. The highest BCUT2D eigenvalue weighted by atomic mass is 32.1. The quantitative estimate of drug-likeness (QED) is 0.660. The molecule has 0 saturated heterocycles. The Hall–Kier alpha value is -2.35. The summed E-state index contributed by atoms with van der Waals surface area (Å²) in [4.78, 5) is 21.8.